The lowest BCUT2D eigenvalue weighted by atomic mass is 10.0. The zero-order chi connectivity index (χ0) is 20.3. The number of hydrogen-bond donors (Lipinski definition) is 2. The predicted octanol–water partition coefficient (Wildman–Crippen LogP) is 3.43. The number of nitrogens with one attached hydrogen (secondary N) is 2. The number of likely N-dealkylation sites (tertiary alicyclic amines) is 1. The first-order valence-corrected chi connectivity index (χ1v) is 9.76. The third-order valence-corrected chi connectivity index (χ3v) is 5.10. The summed E-state index contributed by atoms with van der Waals surface area (Å²) < 4.78 is 14.5. The number of H-pyrrole nitrogens is 1. The molecule has 1 saturated heterocycles. The van der Waals surface area contributed by atoms with Crippen LogP contribution in [0.2, 0.25) is 0 Å². The summed E-state index contributed by atoms with van der Waals surface area (Å²) in [5.74, 6) is -0.278. The summed E-state index contributed by atoms with van der Waals surface area (Å²) in [5, 5.41) is 9.52. The summed E-state index contributed by atoms with van der Waals surface area (Å²) in [6.07, 6.45) is 3.50. The number of halogens is 1. The minimum atomic E-state index is -0.442. The fraction of sp³-hybridized carbons (Fsp3) is 0.476. The van der Waals surface area contributed by atoms with Crippen LogP contribution in [0.3, 0.4) is 0 Å². The van der Waals surface area contributed by atoms with Gasteiger partial charge < -0.3 is 10.2 Å². The number of carbonyl (C=O) groups excluding carboxylic acids is 2. The van der Waals surface area contributed by atoms with Crippen molar-refractivity contribution in [1.82, 2.24) is 20.4 Å². The van der Waals surface area contributed by atoms with E-state index in [1.165, 1.54) is 6.07 Å². The number of nitrogens with zero attached hydrogens (tertiary/aromatic N) is 2. The van der Waals surface area contributed by atoms with Crippen molar-refractivity contribution in [2.75, 3.05) is 6.54 Å². The Kier molecular flexibility index (Phi) is 6.11. The van der Waals surface area contributed by atoms with E-state index in [1.54, 1.807) is 29.3 Å². The van der Waals surface area contributed by atoms with Gasteiger partial charge in [0, 0.05) is 24.7 Å². The number of aromatic amines is 1. The summed E-state index contributed by atoms with van der Waals surface area (Å²) >= 11 is 0. The molecular weight excluding hydrogens is 359 g/mol. The van der Waals surface area contributed by atoms with Crippen molar-refractivity contribution in [1.29, 1.82) is 0 Å². The molecule has 2 unspecified atom stereocenters. The molecular formula is C21H27FN4O2. The van der Waals surface area contributed by atoms with E-state index in [0.717, 1.165) is 6.42 Å². The number of carbonyl (C=O) groups is 2. The molecule has 1 fully saturated rings. The van der Waals surface area contributed by atoms with E-state index in [9.17, 15) is 14.0 Å². The maximum absolute atomic E-state index is 14.5. The lowest BCUT2D eigenvalue weighted by Gasteiger charge is -2.26. The van der Waals surface area contributed by atoms with Crippen LogP contribution in [0.4, 0.5) is 4.39 Å². The first kappa shape index (κ1) is 20.0. The van der Waals surface area contributed by atoms with Gasteiger partial charge in [0.15, 0.2) is 0 Å². The third-order valence-electron chi connectivity index (χ3n) is 5.10. The average molecular weight is 386 g/mol. The minimum Gasteiger partial charge on any atom is -0.348 e. The Morgan fingerprint density at radius 1 is 1.32 bits per heavy atom. The zero-order valence-electron chi connectivity index (χ0n) is 16.5. The Morgan fingerprint density at radius 2 is 2.11 bits per heavy atom. The Morgan fingerprint density at radius 3 is 2.75 bits per heavy atom. The van der Waals surface area contributed by atoms with Crippen molar-refractivity contribution < 1.29 is 14.0 Å². The van der Waals surface area contributed by atoms with Crippen LogP contribution in [0.15, 0.2) is 30.5 Å². The summed E-state index contributed by atoms with van der Waals surface area (Å²) in [6, 6.07) is 5.79. The number of aromatic nitrogens is 2. The maximum Gasteiger partial charge on any atom is 0.243 e. The summed E-state index contributed by atoms with van der Waals surface area (Å²) in [7, 11) is 0. The van der Waals surface area contributed by atoms with Gasteiger partial charge in [0.25, 0.3) is 0 Å². The molecule has 7 heteroatoms. The van der Waals surface area contributed by atoms with E-state index < -0.39 is 6.04 Å². The van der Waals surface area contributed by atoms with Crippen molar-refractivity contribution in [2.24, 2.45) is 5.92 Å². The molecule has 28 heavy (non-hydrogen) atoms. The highest BCUT2D eigenvalue weighted by Crippen LogP contribution is 2.25. The lowest BCUT2D eigenvalue weighted by molar-refractivity contribution is -0.139. The topological polar surface area (TPSA) is 78.1 Å². The monoisotopic (exact) mass is 386 g/mol. The van der Waals surface area contributed by atoms with Crippen LogP contribution in [-0.4, -0.2) is 39.5 Å². The molecule has 2 heterocycles. The summed E-state index contributed by atoms with van der Waals surface area (Å²) in [5.41, 5.74) is 1.71. The van der Waals surface area contributed by atoms with Crippen LogP contribution in [0.25, 0.3) is 11.3 Å². The molecule has 1 aliphatic heterocycles. The van der Waals surface area contributed by atoms with Crippen molar-refractivity contribution in [3.05, 3.63) is 41.8 Å². The first-order chi connectivity index (χ1) is 13.4. The Labute approximate surface area is 164 Å². The molecule has 0 bridgehead atoms. The predicted molar refractivity (Wildman–Crippen MR) is 105 cm³/mol. The maximum atomic E-state index is 14.5. The Balaban J connectivity index is 1.67. The molecule has 1 aromatic heterocycles. The van der Waals surface area contributed by atoms with Crippen LogP contribution in [0, 0.1) is 11.7 Å². The van der Waals surface area contributed by atoms with Crippen LogP contribution in [0.5, 0.6) is 0 Å². The van der Waals surface area contributed by atoms with Gasteiger partial charge in [-0.25, -0.2) is 4.39 Å². The molecule has 150 valence electrons. The van der Waals surface area contributed by atoms with Gasteiger partial charge in [0.05, 0.1) is 11.7 Å². The Hall–Kier alpha value is -2.70. The number of rotatable bonds is 6. The highest BCUT2D eigenvalue weighted by Gasteiger charge is 2.34. The molecule has 2 N–H and O–H groups in total. The number of hydrogen-bond acceptors (Lipinski definition) is 3. The number of benzene rings is 1. The molecule has 1 aliphatic rings. The van der Waals surface area contributed by atoms with Gasteiger partial charge in [-0.15, -0.1) is 0 Å². The van der Waals surface area contributed by atoms with Gasteiger partial charge in [0.2, 0.25) is 11.8 Å². The third kappa shape index (κ3) is 4.40. The second-order valence-electron chi connectivity index (χ2n) is 7.78. The quantitative estimate of drug-likeness (QED) is 0.798. The zero-order valence-corrected chi connectivity index (χ0v) is 16.5. The van der Waals surface area contributed by atoms with Crippen LogP contribution in [-0.2, 0) is 9.59 Å². The molecule has 0 aliphatic carbocycles. The second-order valence-corrected chi connectivity index (χ2v) is 7.78. The van der Waals surface area contributed by atoms with E-state index in [0.29, 0.717) is 36.2 Å². The molecule has 0 saturated carbocycles. The van der Waals surface area contributed by atoms with Crippen LogP contribution >= 0.6 is 0 Å². The van der Waals surface area contributed by atoms with Crippen molar-refractivity contribution >= 4 is 11.8 Å². The SMILES string of the molecule is CC(C)CC(=O)N1CCCC1C(=O)NC(C)c1ccc(-c2ccn[nH]2)c(F)c1. The van der Waals surface area contributed by atoms with Crippen molar-refractivity contribution in [2.45, 2.75) is 52.1 Å². The van der Waals surface area contributed by atoms with Gasteiger partial charge >= 0.3 is 0 Å². The Bertz CT molecular complexity index is 835. The van der Waals surface area contributed by atoms with Crippen LogP contribution < -0.4 is 5.32 Å². The van der Waals surface area contributed by atoms with Gasteiger partial charge in [0.1, 0.15) is 11.9 Å². The van der Waals surface area contributed by atoms with Gasteiger partial charge in [-0.05, 0) is 49.4 Å². The molecule has 2 atom stereocenters. The van der Waals surface area contributed by atoms with E-state index in [-0.39, 0.29) is 29.6 Å². The second kappa shape index (κ2) is 8.54. The van der Waals surface area contributed by atoms with E-state index >= 15 is 0 Å². The first-order valence-electron chi connectivity index (χ1n) is 9.76. The molecule has 0 spiro atoms. The van der Waals surface area contributed by atoms with Crippen molar-refractivity contribution in [3.63, 3.8) is 0 Å². The largest absolute Gasteiger partial charge is 0.348 e. The van der Waals surface area contributed by atoms with E-state index in [4.69, 9.17) is 0 Å². The van der Waals surface area contributed by atoms with Gasteiger partial charge in [-0.3, -0.25) is 14.7 Å². The molecule has 0 radical (unpaired) electrons. The number of amides is 2. The molecule has 3 rings (SSSR count). The van der Waals surface area contributed by atoms with E-state index in [1.807, 2.05) is 20.8 Å². The van der Waals surface area contributed by atoms with Crippen LogP contribution in [0.1, 0.15) is 51.6 Å². The van der Waals surface area contributed by atoms with Crippen molar-refractivity contribution in [3.8, 4) is 11.3 Å². The minimum absolute atomic E-state index is 0.0234. The van der Waals surface area contributed by atoms with E-state index in [2.05, 4.69) is 15.5 Å². The van der Waals surface area contributed by atoms with Gasteiger partial charge in [-0.2, -0.15) is 5.10 Å². The molecule has 2 amide bonds. The molecule has 6 nitrogen and oxygen atoms in total. The summed E-state index contributed by atoms with van der Waals surface area (Å²) in [6.45, 7) is 6.42. The average Bonchev–Trinajstić information content (AvgIpc) is 3.32. The fourth-order valence-electron chi connectivity index (χ4n) is 3.62. The smallest absolute Gasteiger partial charge is 0.243 e. The summed E-state index contributed by atoms with van der Waals surface area (Å²) in [4.78, 5) is 26.9. The lowest BCUT2D eigenvalue weighted by Crippen LogP contribution is -2.46. The van der Waals surface area contributed by atoms with Gasteiger partial charge in [-0.1, -0.05) is 19.9 Å². The molecule has 1 aromatic carbocycles. The molecule has 2 aromatic rings. The normalized spacial score (nSPS) is 17.8. The standard InChI is InChI=1S/C21H27FN4O2/c1-13(2)11-20(27)26-10-4-5-19(26)21(28)24-14(3)15-6-7-16(17(22)12-15)18-8-9-23-25-18/h6-9,12-14,19H,4-5,10-11H2,1-3H3,(H,23,25)(H,24,28). The highest BCUT2D eigenvalue weighted by atomic mass is 19.1. The highest BCUT2D eigenvalue weighted by molar-refractivity contribution is 5.88. The fourth-order valence-corrected chi connectivity index (χ4v) is 3.62.